The molecule has 7 nitrogen and oxygen atoms in total. The summed E-state index contributed by atoms with van der Waals surface area (Å²) in [5.74, 6) is -3.61. The molecule has 1 atom stereocenters. The van der Waals surface area contributed by atoms with Gasteiger partial charge in [0.2, 0.25) is 0 Å². The number of benzene rings is 1. The summed E-state index contributed by atoms with van der Waals surface area (Å²) < 4.78 is 47.9. The van der Waals surface area contributed by atoms with Crippen LogP contribution in [0.5, 0.6) is 0 Å². The average molecular weight is 638 g/mol. The fourth-order valence-electron chi connectivity index (χ4n) is 7.63. The number of aromatic nitrogens is 2. The van der Waals surface area contributed by atoms with Gasteiger partial charge in [-0.1, -0.05) is 44.0 Å². The third-order valence-electron chi connectivity index (χ3n) is 10.6. The van der Waals surface area contributed by atoms with Gasteiger partial charge in [-0.2, -0.15) is 0 Å². The van der Waals surface area contributed by atoms with Crippen molar-refractivity contribution in [3.63, 3.8) is 0 Å². The van der Waals surface area contributed by atoms with Crippen molar-refractivity contribution in [3.05, 3.63) is 65.0 Å². The Morgan fingerprint density at radius 1 is 0.913 bits per heavy atom. The Labute approximate surface area is 272 Å². The van der Waals surface area contributed by atoms with E-state index in [0.29, 0.717) is 37.8 Å². The maximum Gasteiger partial charge on any atom is 0.278 e. The van der Waals surface area contributed by atoms with Crippen LogP contribution in [0.4, 0.5) is 24.8 Å². The highest BCUT2D eigenvalue weighted by atomic mass is 19.3. The molecule has 0 aliphatic carbocycles. The Balaban J connectivity index is 1.35. The van der Waals surface area contributed by atoms with Crippen LogP contribution < -0.4 is 10.2 Å². The van der Waals surface area contributed by atoms with E-state index in [1.807, 2.05) is 0 Å². The van der Waals surface area contributed by atoms with Gasteiger partial charge in [0, 0.05) is 50.2 Å². The second kappa shape index (κ2) is 13.9. The van der Waals surface area contributed by atoms with Gasteiger partial charge < -0.3 is 20.0 Å². The smallest absolute Gasteiger partial charge is 0.278 e. The van der Waals surface area contributed by atoms with Crippen molar-refractivity contribution in [1.29, 1.82) is 0 Å². The molecule has 7 rings (SSSR count). The summed E-state index contributed by atoms with van der Waals surface area (Å²) in [5.41, 5.74) is 2.52. The number of rotatable bonds is 2. The normalized spacial score (nSPS) is 26.4. The summed E-state index contributed by atoms with van der Waals surface area (Å²) in [6.07, 6.45) is 9.79. The molecule has 2 aromatic rings. The van der Waals surface area contributed by atoms with Crippen LogP contribution in [0, 0.1) is 11.7 Å². The van der Waals surface area contributed by atoms with Crippen LogP contribution in [0.15, 0.2) is 42.5 Å². The molecular weight excluding hydrogens is 587 g/mol. The minimum absolute atomic E-state index is 0.207. The molecule has 2 saturated heterocycles. The van der Waals surface area contributed by atoms with Crippen LogP contribution >= 0.6 is 0 Å². The summed E-state index contributed by atoms with van der Waals surface area (Å²) in [6.45, 7) is 17.6. The maximum absolute atomic E-state index is 16.1. The van der Waals surface area contributed by atoms with Crippen molar-refractivity contribution in [2.45, 2.75) is 83.7 Å². The number of piperidine rings is 1. The zero-order valence-corrected chi connectivity index (χ0v) is 27.7. The van der Waals surface area contributed by atoms with E-state index in [1.165, 1.54) is 12.4 Å². The molecule has 250 valence electrons. The first-order chi connectivity index (χ1) is 22.1. The molecule has 0 saturated carbocycles. The Kier molecular flexibility index (Phi) is 9.94. The van der Waals surface area contributed by atoms with E-state index in [9.17, 15) is 0 Å². The van der Waals surface area contributed by atoms with Gasteiger partial charge in [-0.15, -0.1) is 0 Å². The van der Waals surface area contributed by atoms with E-state index in [2.05, 4.69) is 56.4 Å². The average Bonchev–Trinajstić information content (AvgIpc) is 3.05. The lowest BCUT2D eigenvalue weighted by atomic mass is 9.85. The number of piperazine rings is 1. The largest absolute Gasteiger partial charge is 0.367 e. The van der Waals surface area contributed by atoms with Crippen molar-refractivity contribution >= 4 is 17.7 Å². The molecule has 1 N–H and O–H groups in total. The summed E-state index contributed by atoms with van der Waals surface area (Å²) in [7, 11) is 0. The van der Waals surface area contributed by atoms with Gasteiger partial charge in [0.05, 0.1) is 28.6 Å². The minimum atomic E-state index is -3.24. The standard InChI is InChI=1S/C36H50F3N7/c1-25(2)44-19-21-45(22-20-44)32-23-30-34-40-24-41-35(30)46(27(32)4)16-9-7-5-6-8-15-43-17-13-28(14-18-43)36(38,39)31-12-10-11-29(33(31)37)26(3)42-34/h10-12,23-26,28H,4-9,13-22H2,1-3H3,(H,40,41,42)/t26-/m1/s1. The quantitative estimate of drug-likeness (QED) is 0.372. The van der Waals surface area contributed by atoms with Crippen molar-refractivity contribution in [1.82, 2.24) is 24.7 Å². The second-order valence-electron chi connectivity index (χ2n) is 13.8. The van der Waals surface area contributed by atoms with E-state index in [4.69, 9.17) is 4.98 Å². The molecule has 0 amide bonds. The molecule has 1 aromatic heterocycles. The fourth-order valence-corrected chi connectivity index (χ4v) is 7.63. The lowest BCUT2D eigenvalue weighted by Gasteiger charge is -2.42. The first kappa shape index (κ1) is 32.8. The topological polar surface area (TPSA) is 50.8 Å². The van der Waals surface area contributed by atoms with E-state index >= 15 is 13.2 Å². The van der Waals surface area contributed by atoms with Crippen molar-refractivity contribution in [3.8, 4) is 0 Å². The van der Waals surface area contributed by atoms with Crippen LogP contribution in [0.1, 0.15) is 88.4 Å². The lowest BCUT2D eigenvalue weighted by molar-refractivity contribution is -0.0880. The highest BCUT2D eigenvalue weighted by Gasteiger charge is 2.45. The highest BCUT2D eigenvalue weighted by molar-refractivity contribution is 5.82. The van der Waals surface area contributed by atoms with Crippen LogP contribution in [0.25, 0.3) is 6.08 Å². The molecule has 5 aliphatic rings. The zero-order valence-electron chi connectivity index (χ0n) is 27.7. The van der Waals surface area contributed by atoms with Gasteiger partial charge in [-0.25, -0.2) is 23.1 Å². The fraction of sp³-hybridized carbons (Fsp3) is 0.611. The molecule has 8 bridgehead atoms. The number of hydrogen-bond acceptors (Lipinski definition) is 7. The van der Waals surface area contributed by atoms with Crippen LogP contribution in [0.2, 0.25) is 0 Å². The Bertz CT molecular complexity index is 1410. The maximum atomic E-state index is 16.1. The SMILES string of the molecule is C=C1C(N2CCN(C(C)C)CC2)=Cc2c3ncnc2N1CCCCCCCN1CCC(CC1)C(F)(F)c1cccc(c1F)[C@@H](C)N3. The third-order valence-corrected chi connectivity index (χ3v) is 10.6. The monoisotopic (exact) mass is 637 g/mol. The molecule has 2 fully saturated rings. The number of alkyl halides is 2. The minimum Gasteiger partial charge on any atom is -0.367 e. The number of nitrogens with one attached hydrogen (secondary N) is 1. The summed E-state index contributed by atoms with van der Waals surface area (Å²) in [5, 5.41) is 3.39. The summed E-state index contributed by atoms with van der Waals surface area (Å²) >= 11 is 0. The van der Waals surface area contributed by atoms with Crippen LogP contribution in [-0.4, -0.2) is 83.1 Å². The van der Waals surface area contributed by atoms with Gasteiger partial charge in [0.1, 0.15) is 23.8 Å². The number of nitrogens with zero attached hydrogens (tertiary/aromatic N) is 6. The molecule has 46 heavy (non-hydrogen) atoms. The van der Waals surface area contributed by atoms with Crippen molar-refractivity contribution in [2.75, 3.05) is 62.6 Å². The molecule has 0 unspecified atom stereocenters. The predicted octanol–water partition coefficient (Wildman–Crippen LogP) is 7.26. The number of halogens is 3. The molecule has 0 radical (unpaired) electrons. The van der Waals surface area contributed by atoms with Gasteiger partial charge in [-0.3, -0.25) is 4.90 Å². The Hall–Kier alpha value is -3.11. The van der Waals surface area contributed by atoms with Gasteiger partial charge in [0.25, 0.3) is 5.92 Å². The Morgan fingerprint density at radius 3 is 2.33 bits per heavy atom. The number of hydrogen-bond donors (Lipinski definition) is 1. The zero-order chi connectivity index (χ0) is 32.4. The Morgan fingerprint density at radius 2 is 1.61 bits per heavy atom. The summed E-state index contributed by atoms with van der Waals surface area (Å²) in [4.78, 5) is 18.7. The van der Waals surface area contributed by atoms with Crippen molar-refractivity contribution in [2.24, 2.45) is 5.92 Å². The molecule has 1 aromatic carbocycles. The van der Waals surface area contributed by atoms with E-state index < -0.39 is 29.3 Å². The highest BCUT2D eigenvalue weighted by Crippen LogP contribution is 2.44. The first-order valence-electron chi connectivity index (χ1n) is 17.3. The summed E-state index contributed by atoms with van der Waals surface area (Å²) in [6, 6.07) is 4.31. The van der Waals surface area contributed by atoms with E-state index in [1.54, 1.807) is 19.1 Å². The lowest BCUT2D eigenvalue weighted by Crippen LogP contribution is -2.49. The molecular formula is C36H50F3N7. The number of fused-ring (bicyclic) bond motifs is 9. The molecule has 0 spiro atoms. The third kappa shape index (κ3) is 6.65. The van der Waals surface area contributed by atoms with E-state index in [0.717, 1.165) is 94.1 Å². The van der Waals surface area contributed by atoms with Crippen LogP contribution in [0.3, 0.4) is 0 Å². The number of anilines is 2. The first-order valence-corrected chi connectivity index (χ1v) is 17.3. The van der Waals surface area contributed by atoms with Gasteiger partial charge in [-0.05, 0) is 72.2 Å². The van der Waals surface area contributed by atoms with Crippen LogP contribution in [-0.2, 0) is 5.92 Å². The second-order valence-corrected chi connectivity index (χ2v) is 13.8. The van der Waals surface area contributed by atoms with E-state index in [-0.39, 0.29) is 5.56 Å². The van der Waals surface area contributed by atoms with Gasteiger partial charge in [0.15, 0.2) is 0 Å². The molecule has 10 heteroatoms. The van der Waals surface area contributed by atoms with Crippen molar-refractivity contribution < 1.29 is 13.2 Å². The van der Waals surface area contributed by atoms with Gasteiger partial charge >= 0.3 is 0 Å². The molecule has 6 heterocycles. The molecule has 5 aliphatic heterocycles. The predicted molar refractivity (Wildman–Crippen MR) is 179 cm³/mol.